The fraction of sp³-hybridized carbons (Fsp3) is 0.462. The van der Waals surface area contributed by atoms with Crippen LogP contribution in [-0.2, 0) is 20.1 Å². The molecule has 0 aliphatic carbocycles. The molecule has 0 spiro atoms. The fourth-order valence-electron chi connectivity index (χ4n) is 4.69. The van der Waals surface area contributed by atoms with Crippen LogP contribution in [0.1, 0.15) is 38.8 Å². The van der Waals surface area contributed by atoms with E-state index in [1.807, 2.05) is 31.2 Å². The number of carbonyl (C=O) groups is 1. The van der Waals surface area contributed by atoms with Crippen LogP contribution in [0.5, 0.6) is 0 Å². The zero-order valence-electron chi connectivity index (χ0n) is 20.9. The van der Waals surface area contributed by atoms with Crippen LogP contribution in [0.4, 0.5) is 4.79 Å². The molecule has 0 radical (unpaired) electrons. The average Bonchev–Trinajstić information content (AvgIpc) is 3.03. The Morgan fingerprint density at radius 2 is 1.97 bits per heavy atom. The number of imidazole rings is 1. The molecular weight excluding hydrogens is 444 g/mol. The highest BCUT2D eigenvalue weighted by Gasteiger charge is 2.26. The van der Waals surface area contributed by atoms with E-state index in [0.29, 0.717) is 49.6 Å². The summed E-state index contributed by atoms with van der Waals surface area (Å²) in [4.78, 5) is 32.7. The van der Waals surface area contributed by atoms with Gasteiger partial charge in [-0.3, -0.25) is 14.0 Å². The minimum Gasteiger partial charge on any atom is -0.465 e. The van der Waals surface area contributed by atoms with Gasteiger partial charge < -0.3 is 10.0 Å². The molecule has 4 rings (SSSR count). The molecule has 1 atom stereocenters. The first-order valence-electron chi connectivity index (χ1n) is 11.8. The van der Waals surface area contributed by atoms with Crippen molar-refractivity contribution in [3.8, 4) is 17.3 Å². The Labute approximate surface area is 204 Å². The van der Waals surface area contributed by atoms with Crippen molar-refractivity contribution in [2.45, 2.75) is 46.8 Å². The number of aromatic nitrogens is 3. The number of amides is 1. The molecule has 0 unspecified atom stereocenters. The summed E-state index contributed by atoms with van der Waals surface area (Å²) in [6.07, 6.45) is -0.885. The normalized spacial score (nSPS) is 17.0. The minimum atomic E-state index is -0.885. The van der Waals surface area contributed by atoms with Gasteiger partial charge in [-0.2, -0.15) is 5.26 Å². The number of pyridine rings is 1. The van der Waals surface area contributed by atoms with Gasteiger partial charge >= 0.3 is 11.8 Å². The van der Waals surface area contributed by atoms with Crippen LogP contribution in [0.3, 0.4) is 0 Å². The van der Waals surface area contributed by atoms with E-state index < -0.39 is 6.09 Å². The summed E-state index contributed by atoms with van der Waals surface area (Å²) in [5, 5.41) is 19.0. The highest BCUT2D eigenvalue weighted by atomic mass is 16.4. The van der Waals surface area contributed by atoms with Crippen molar-refractivity contribution in [1.82, 2.24) is 23.9 Å². The van der Waals surface area contributed by atoms with Crippen molar-refractivity contribution >= 4 is 17.3 Å². The second kappa shape index (κ2) is 9.19. The van der Waals surface area contributed by atoms with Gasteiger partial charge in [0.15, 0.2) is 5.65 Å². The third-order valence-electron chi connectivity index (χ3n) is 6.51. The number of rotatable bonds is 4. The Morgan fingerprint density at radius 1 is 1.23 bits per heavy atom. The number of hydrogen-bond acceptors (Lipinski definition) is 5. The Kier molecular flexibility index (Phi) is 6.43. The zero-order chi connectivity index (χ0) is 25.5. The van der Waals surface area contributed by atoms with E-state index in [1.165, 1.54) is 4.90 Å². The number of carboxylic acid groups (broad SMARTS) is 1. The Morgan fingerprint density at radius 3 is 2.60 bits per heavy atom. The average molecular weight is 477 g/mol. The van der Waals surface area contributed by atoms with E-state index in [0.717, 1.165) is 16.6 Å². The molecule has 0 saturated carbocycles. The molecule has 1 aliphatic heterocycles. The predicted octanol–water partition coefficient (Wildman–Crippen LogP) is 3.50. The summed E-state index contributed by atoms with van der Waals surface area (Å²) >= 11 is 0. The summed E-state index contributed by atoms with van der Waals surface area (Å²) in [5.41, 5.74) is 4.09. The summed E-state index contributed by atoms with van der Waals surface area (Å²) in [7, 11) is 1.72. The number of hydrogen-bond donors (Lipinski definition) is 1. The first-order chi connectivity index (χ1) is 16.5. The number of piperazine rings is 1. The van der Waals surface area contributed by atoms with Gasteiger partial charge in [-0.15, -0.1) is 0 Å². The second-order valence-corrected chi connectivity index (χ2v) is 10.6. The molecule has 2 aromatic heterocycles. The standard InChI is InChI=1S/C26H32N6O3/c1-17-14-31(25(34)35)11-10-30(17)15-18-6-7-19(13-27)20(12-18)21-8-9-22-23(28-21)29(5)24(33)32(22)16-26(2,3)4/h6-9,12,17H,10-11,14-16H2,1-5H3,(H,34,35)/t17-/m1/s1. The van der Waals surface area contributed by atoms with E-state index in [-0.39, 0.29) is 17.1 Å². The SMILES string of the molecule is C[C@@H]1CN(C(=O)O)CCN1Cc1ccc(C#N)c(-c2ccc3c(n2)n(C)c(=O)n3CC(C)(C)C)c1. The molecule has 9 heteroatoms. The molecule has 184 valence electrons. The van der Waals surface area contributed by atoms with Gasteiger partial charge in [0.2, 0.25) is 0 Å². The van der Waals surface area contributed by atoms with Gasteiger partial charge in [-0.25, -0.2) is 14.6 Å². The third-order valence-corrected chi connectivity index (χ3v) is 6.51. The molecule has 0 bridgehead atoms. The first kappa shape index (κ1) is 24.5. The topological polar surface area (TPSA) is 107 Å². The van der Waals surface area contributed by atoms with Crippen molar-refractivity contribution in [2.24, 2.45) is 12.5 Å². The molecular formula is C26H32N6O3. The molecule has 1 aromatic carbocycles. The molecule has 3 heterocycles. The minimum absolute atomic E-state index is 0.0633. The summed E-state index contributed by atoms with van der Waals surface area (Å²) < 4.78 is 3.32. The van der Waals surface area contributed by atoms with E-state index in [4.69, 9.17) is 4.98 Å². The number of nitrogens with zero attached hydrogens (tertiary/aromatic N) is 6. The van der Waals surface area contributed by atoms with Gasteiger partial charge in [-0.1, -0.05) is 26.8 Å². The van der Waals surface area contributed by atoms with Crippen molar-refractivity contribution in [1.29, 1.82) is 5.26 Å². The quantitative estimate of drug-likeness (QED) is 0.618. The van der Waals surface area contributed by atoms with Gasteiger partial charge in [0, 0.05) is 51.4 Å². The predicted molar refractivity (Wildman–Crippen MR) is 134 cm³/mol. The smallest absolute Gasteiger partial charge is 0.407 e. The van der Waals surface area contributed by atoms with E-state index >= 15 is 0 Å². The summed E-state index contributed by atoms with van der Waals surface area (Å²) in [5.74, 6) is 0. The lowest BCUT2D eigenvalue weighted by atomic mass is 9.97. The molecule has 9 nitrogen and oxygen atoms in total. The van der Waals surface area contributed by atoms with Crippen LogP contribution in [0, 0.1) is 16.7 Å². The maximum atomic E-state index is 12.9. The van der Waals surface area contributed by atoms with Gasteiger partial charge in [0.1, 0.15) is 0 Å². The monoisotopic (exact) mass is 476 g/mol. The van der Waals surface area contributed by atoms with Crippen molar-refractivity contribution in [2.75, 3.05) is 19.6 Å². The van der Waals surface area contributed by atoms with Crippen LogP contribution in [0.15, 0.2) is 35.1 Å². The van der Waals surface area contributed by atoms with Gasteiger partial charge in [0.05, 0.1) is 22.8 Å². The summed E-state index contributed by atoms with van der Waals surface area (Å²) in [6.45, 7) is 11.1. The van der Waals surface area contributed by atoms with E-state index in [2.05, 4.69) is 31.7 Å². The number of aryl methyl sites for hydroxylation is 1. The van der Waals surface area contributed by atoms with Crippen molar-refractivity contribution < 1.29 is 9.90 Å². The summed E-state index contributed by atoms with van der Waals surface area (Å²) in [6, 6.07) is 11.9. The molecule has 35 heavy (non-hydrogen) atoms. The molecule has 3 aromatic rings. The Balaban J connectivity index is 1.68. The molecule has 1 amide bonds. The largest absolute Gasteiger partial charge is 0.465 e. The zero-order valence-corrected chi connectivity index (χ0v) is 20.9. The van der Waals surface area contributed by atoms with Crippen LogP contribution in [0.2, 0.25) is 0 Å². The lowest BCUT2D eigenvalue weighted by Crippen LogP contribution is -2.52. The van der Waals surface area contributed by atoms with E-state index in [1.54, 1.807) is 22.2 Å². The maximum absolute atomic E-state index is 12.9. The molecule has 1 saturated heterocycles. The second-order valence-electron chi connectivity index (χ2n) is 10.6. The Hall–Kier alpha value is -3.64. The number of fused-ring (bicyclic) bond motifs is 1. The van der Waals surface area contributed by atoms with Gasteiger partial charge in [0.25, 0.3) is 0 Å². The van der Waals surface area contributed by atoms with Crippen LogP contribution in [0.25, 0.3) is 22.4 Å². The fourth-order valence-corrected chi connectivity index (χ4v) is 4.69. The van der Waals surface area contributed by atoms with E-state index in [9.17, 15) is 20.0 Å². The molecule has 1 fully saturated rings. The van der Waals surface area contributed by atoms with Crippen LogP contribution in [-0.4, -0.2) is 60.8 Å². The highest BCUT2D eigenvalue weighted by Crippen LogP contribution is 2.27. The third kappa shape index (κ3) is 4.93. The van der Waals surface area contributed by atoms with Crippen LogP contribution >= 0.6 is 0 Å². The lowest BCUT2D eigenvalue weighted by molar-refractivity contribution is 0.0712. The van der Waals surface area contributed by atoms with Gasteiger partial charge in [-0.05, 0) is 42.2 Å². The lowest BCUT2D eigenvalue weighted by Gasteiger charge is -2.38. The Bertz CT molecular complexity index is 1370. The van der Waals surface area contributed by atoms with Crippen molar-refractivity contribution in [3.63, 3.8) is 0 Å². The maximum Gasteiger partial charge on any atom is 0.407 e. The molecule has 1 N–H and O–H groups in total. The first-order valence-corrected chi connectivity index (χ1v) is 11.8. The number of benzene rings is 1. The number of nitriles is 1. The van der Waals surface area contributed by atoms with Crippen LogP contribution < -0.4 is 5.69 Å². The molecule has 1 aliphatic rings. The highest BCUT2D eigenvalue weighted by molar-refractivity contribution is 5.78. The van der Waals surface area contributed by atoms with Crippen molar-refractivity contribution in [3.05, 3.63) is 51.9 Å².